The number of methoxy groups -OCH3 is 2. The molecule has 0 saturated heterocycles. The summed E-state index contributed by atoms with van der Waals surface area (Å²) in [4.78, 5) is 16.6. The van der Waals surface area contributed by atoms with Crippen molar-refractivity contribution in [1.82, 2.24) is 10.2 Å². The van der Waals surface area contributed by atoms with Crippen LogP contribution in [0.3, 0.4) is 0 Å². The second-order valence-electron chi connectivity index (χ2n) is 6.24. The number of rotatable bonds is 9. The molecule has 9 nitrogen and oxygen atoms in total. The van der Waals surface area contributed by atoms with E-state index in [4.69, 9.17) is 9.47 Å². The average Bonchev–Trinajstić information content (AvgIpc) is 2.74. The van der Waals surface area contributed by atoms with Crippen molar-refractivity contribution in [2.75, 3.05) is 46.7 Å². The van der Waals surface area contributed by atoms with Gasteiger partial charge in [0.1, 0.15) is 11.5 Å². The third-order valence-corrected chi connectivity index (χ3v) is 4.29. The molecular formula is C20H27N5O4. The molecule has 0 spiro atoms. The standard InChI is InChI=1S/C20H27N5O4/c1-21-20(23-12-11-22-16-6-8-17(9-7-16)25(26)27)24(2)14-15-5-10-18(28-3)13-19(15)29-4/h5-10,13,22H,11-12,14H2,1-4H3,(H,21,23). The van der Waals surface area contributed by atoms with E-state index in [0.29, 0.717) is 19.6 Å². The first-order valence-corrected chi connectivity index (χ1v) is 9.09. The Hall–Kier alpha value is -3.49. The largest absolute Gasteiger partial charge is 0.497 e. The summed E-state index contributed by atoms with van der Waals surface area (Å²) in [7, 11) is 6.93. The highest BCUT2D eigenvalue weighted by Crippen LogP contribution is 2.25. The number of hydrogen-bond donors (Lipinski definition) is 2. The molecule has 29 heavy (non-hydrogen) atoms. The van der Waals surface area contributed by atoms with Crippen molar-refractivity contribution in [2.45, 2.75) is 6.54 Å². The number of non-ortho nitro benzene ring substituents is 1. The number of benzene rings is 2. The number of anilines is 1. The van der Waals surface area contributed by atoms with E-state index in [0.717, 1.165) is 28.7 Å². The molecule has 0 amide bonds. The zero-order chi connectivity index (χ0) is 21.2. The first-order valence-electron chi connectivity index (χ1n) is 9.09. The van der Waals surface area contributed by atoms with Crippen molar-refractivity contribution in [1.29, 1.82) is 0 Å². The normalized spacial score (nSPS) is 11.0. The van der Waals surface area contributed by atoms with Crippen molar-refractivity contribution in [2.24, 2.45) is 4.99 Å². The van der Waals surface area contributed by atoms with E-state index in [2.05, 4.69) is 15.6 Å². The van der Waals surface area contributed by atoms with Crippen LogP contribution in [0, 0.1) is 10.1 Å². The van der Waals surface area contributed by atoms with Crippen molar-refractivity contribution in [3.05, 3.63) is 58.1 Å². The number of guanidine groups is 1. The molecule has 0 aliphatic heterocycles. The minimum Gasteiger partial charge on any atom is -0.497 e. The zero-order valence-corrected chi connectivity index (χ0v) is 17.1. The second-order valence-corrected chi connectivity index (χ2v) is 6.24. The summed E-state index contributed by atoms with van der Waals surface area (Å²) >= 11 is 0. The van der Waals surface area contributed by atoms with Crippen molar-refractivity contribution >= 4 is 17.3 Å². The summed E-state index contributed by atoms with van der Waals surface area (Å²) in [6.07, 6.45) is 0. The van der Waals surface area contributed by atoms with Gasteiger partial charge in [-0.1, -0.05) is 0 Å². The summed E-state index contributed by atoms with van der Waals surface area (Å²) < 4.78 is 10.7. The summed E-state index contributed by atoms with van der Waals surface area (Å²) in [5.74, 6) is 2.24. The Kier molecular flexibility index (Phi) is 8.08. The van der Waals surface area contributed by atoms with E-state index in [-0.39, 0.29) is 5.69 Å². The lowest BCUT2D eigenvalue weighted by molar-refractivity contribution is -0.384. The maximum Gasteiger partial charge on any atom is 0.269 e. The molecule has 0 bridgehead atoms. The SMILES string of the molecule is CN=C(NCCNc1ccc([N+](=O)[O-])cc1)N(C)Cc1ccc(OC)cc1OC. The van der Waals surface area contributed by atoms with Gasteiger partial charge in [-0.25, -0.2) is 0 Å². The Balaban J connectivity index is 1.85. The minimum absolute atomic E-state index is 0.0738. The molecule has 0 heterocycles. The van der Waals surface area contributed by atoms with Gasteiger partial charge in [0.15, 0.2) is 5.96 Å². The van der Waals surface area contributed by atoms with Gasteiger partial charge >= 0.3 is 0 Å². The van der Waals surface area contributed by atoms with Gasteiger partial charge in [-0.05, 0) is 24.3 Å². The van der Waals surface area contributed by atoms with Crippen LogP contribution in [0.4, 0.5) is 11.4 Å². The van der Waals surface area contributed by atoms with Gasteiger partial charge in [-0.2, -0.15) is 0 Å². The molecule has 9 heteroatoms. The van der Waals surface area contributed by atoms with Crippen LogP contribution in [0.15, 0.2) is 47.5 Å². The molecule has 0 aliphatic rings. The quantitative estimate of drug-likeness (QED) is 0.219. The highest BCUT2D eigenvalue weighted by Gasteiger charge is 2.11. The van der Waals surface area contributed by atoms with Gasteiger partial charge in [0.2, 0.25) is 0 Å². The number of nitro groups is 1. The molecule has 0 saturated carbocycles. The molecule has 0 aliphatic carbocycles. The van der Waals surface area contributed by atoms with Crippen molar-refractivity contribution < 1.29 is 14.4 Å². The van der Waals surface area contributed by atoms with Crippen LogP contribution in [0.5, 0.6) is 11.5 Å². The Bertz CT molecular complexity index is 839. The molecule has 0 fully saturated rings. The van der Waals surface area contributed by atoms with E-state index in [1.165, 1.54) is 12.1 Å². The van der Waals surface area contributed by atoms with Crippen LogP contribution in [0.25, 0.3) is 0 Å². The first-order chi connectivity index (χ1) is 14.0. The summed E-state index contributed by atoms with van der Waals surface area (Å²) in [6, 6.07) is 12.1. The van der Waals surface area contributed by atoms with Gasteiger partial charge < -0.3 is 25.0 Å². The number of nitrogens with one attached hydrogen (secondary N) is 2. The van der Waals surface area contributed by atoms with Gasteiger partial charge in [0.05, 0.1) is 19.1 Å². The second kappa shape index (κ2) is 10.7. The van der Waals surface area contributed by atoms with E-state index < -0.39 is 4.92 Å². The molecule has 0 unspecified atom stereocenters. The highest BCUT2D eigenvalue weighted by molar-refractivity contribution is 5.79. The van der Waals surface area contributed by atoms with Gasteiger partial charge in [0.25, 0.3) is 5.69 Å². The van der Waals surface area contributed by atoms with E-state index >= 15 is 0 Å². The van der Waals surface area contributed by atoms with Crippen molar-refractivity contribution in [3.8, 4) is 11.5 Å². The minimum atomic E-state index is -0.414. The summed E-state index contributed by atoms with van der Waals surface area (Å²) in [6.45, 7) is 1.88. The molecule has 0 radical (unpaired) electrons. The van der Waals surface area contributed by atoms with Crippen LogP contribution < -0.4 is 20.1 Å². The molecular weight excluding hydrogens is 374 g/mol. The number of aliphatic imine (C=N–C) groups is 1. The first kappa shape index (κ1) is 21.8. The highest BCUT2D eigenvalue weighted by atomic mass is 16.6. The van der Waals surface area contributed by atoms with Crippen molar-refractivity contribution in [3.63, 3.8) is 0 Å². The number of nitro benzene ring substituents is 1. The molecule has 0 atom stereocenters. The maximum atomic E-state index is 10.7. The Morgan fingerprint density at radius 2 is 1.86 bits per heavy atom. The van der Waals surface area contributed by atoms with E-state index in [1.807, 2.05) is 30.1 Å². The molecule has 2 N–H and O–H groups in total. The predicted octanol–water partition coefficient (Wildman–Crippen LogP) is 2.73. The fraction of sp³-hybridized carbons (Fsp3) is 0.350. The smallest absolute Gasteiger partial charge is 0.269 e. The predicted molar refractivity (Wildman–Crippen MR) is 114 cm³/mol. The molecule has 0 aromatic heterocycles. The summed E-state index contributed by atoms with van der Waals surface area (Å²) in [5.41, 5.74) is 1.91. The van der Waals surface area contributed by atoms with Gasteiger partial charge in [-0.15, -0.1) is 0 Å². The monoisotopic (exact) mass is 401 g/mol. The lowest BCUT2D eigenvalue weighted by Crippen LogP contribution is -2.40. The van der Waals surface area contributed by atoms with E-state index in [9.17, 15) is 10.1 Å². The van der Waals surface area contributed by atoms with Crippen LogP contribution >= 0.6 is 0 Å². The third kappa shape index (κ3) is 6.27. The molecule has 2 rings (SSSR count). The topological polar surface area (TPSA) is 101 Å². The van der Waals surface area contributed by atoms with Crippen LogP contribution in [-0.2, 0) is 6.54 Å². The van der Waals surface area contributed by atoms with Crippen LogP contribution in [0.1, 0.15) is 5.56 Å². The Morgan fingerprint density at radius 3 is 2.45 bits per heavy atom. The molecule has 156 valence electrons. The lowest BCUT2D eigenvalue weighted by Gasteiger charge is -2.23. The fourth-order valence-electron chi connectivity index (χ4n) is 2.78. The third-order valence-electron chi connectivity index (χ3n) is 4.29. The Morgan fingerprint density at radius 1 is 1.14 bits per heavy atom. The number of hydrogen-bond acceptors (Lipinski definition) is 6. The van der Waals surface area contributed by atoms with Crippen LogP contribution in [-0.4, -0.2) is 57.2 Å². The number of ether oxygens (including phenoxy) is 2. The van der Waals surface area contributed by atoms with Crippen LogP contribution in [0.2, 0.25) is 0 Å². The fourth-order valence-corrected chi connectivity index (χ4v) is 2.78. The summed E-state index contributed by atoms with van der Waals surface area (Å²) in [5, 5.41) is 17.2. The van der Waals surface area contributed by atoms with Gasteiger partial charge in [0, 0.05) is 63.2 Å². The Labute approximate surface area is 170 Å². The zero-order valence-electron chi connectivity index (χ0n) is 17.1. The molecule has 2 aromatic rings. The lowest BCUT2D eigenvalue weighted by atomic mass is 10.2. The number of nitrogens with zero attached hydrogens (tertiary/aromatic N) is 3. The molecule has 2 aromatic carbocycles. The average molecular weight is 401 g/mol. The van der Waals surface area contributed by atoms with E-state index in [1.54, 1.807) is 33.4 Å². The maximum absolute atomic E-state index is 10.7. The van der Waals surface area contributed by atoms with Gasteiger partial charge in [-0.3, -0.25) is 15.1 Å².